The van der Waals surface area contributed by atoms with Crippen LogP contribution in [-0.4, -0.2) is 41.5 Å². The lowest BCUT2D eigenvalue weighted by Gasteiger charge is -2.25. The van der Waals surface area contributed by atoms with Gasteiger partial charge in [0.15, 0.2) is 0 Å². The van der Waals surface area contributed by atoms with Gasteiger partial charge in [-0.05, 0) is 50.6 Å². The maximum atomic E-state index is 8.84. The second-order valence-corrected chi connectivity index (χ2v) is 6.31. The third kappa shape index (κ3) is 3.62. The Labute approximate surface area is 148 Å². The first-order valence-electron chi connectivity index (χ1n) is 8.58. The van der Waals surface area contributed by atoms with Crippen molar-refractivity contribution in [2.75, 3.05) is 26.8 Å². The van der Waals surface area contributed by atoms with Gasteiger partial charge in [0.05, 0.1) is 30.0 Å². The summed E-state index contributed by atoms with van der Waals surface area (Å²) in [5.74, 6) is 1.65. The minimum Gasteiger partial charge on any atom is -0.492 e. The molecule has 1 aromatic carbocycles. The molecule has 0 N–H and O–H groups in total. The molecule has 2 aromatic rings. The first-order chi connectivity index (χ1) is 12.1. The number of hydrogen-bond donors (Lipinski definition) is 0. The van der Waals surface area contributed by atoms with Crippen LogP contribution in [0.4, 0.5) is 0 Å². The predicted molar refractivity (Wildman–Crippen MR) is 94.7 cm³/mol. The van der Waals surface area contributed by atoms with Gasteiger partial charge in [0, 0.05) is 19.6 Å². The number of rotatable bonds is 6. The van der Waals surface area contributed by atoms with Crippen LogP contribution in [0.25, 0.3) is 0 Å². The Balaban J connectivity index is 1.63. The van der Waals surface area contributed by atoms with Gasteiger partial charge >= 0.3 is 0 Å². The van der Waals surface area contributed by atoms with Crippen molar-refractivity contribution in [3.63, 3.8) is 0 Å². The van der Waals surface area contributed by atoms with E-state index in [1.807, 2.05) is 30.8 Å². The van der Waals surface area contributed by atoms with Crippen LogP contribution in [0.1, 0.15) is 35.7 Å². The fraction of sp³-hybridized carbons (Fsp3) is 0.474. The highest BCUT2D eigenvalue weighted by Gasteiger charge is 2.31. The van der Waals surface area contributed by atoms with Gasteiger partial charge in [-0.1, -0.05) is 0 Å². The average molecular weight is 340 g/mol. The molecule has 25 heavy (non-hydrogen) atoms. The molecule has 0 spiro atoms. The Morgan fingerprint density at radius 3 is 2.76 bits per heavy atom. The first-order valence-corrected chi connectivity index (χ1v) is 8.58. The number of ether oxygens (including phenoxy) is 2. The van der Waals surface area contributed by atoms with Gasteiger partial charge in [-0.2, -0.15) is 10.4 Å². The van der Waals surface area contributed by atoms with E-state index < -0.39 is 0 Å². The Hall–Kier alpha value is -2.52. The second-order valence-electron chi connectivity index (χ2n) is 6.31. The molecule has 1 aliphatic rings. The van der Waals surface area contributed by atoms with E-state index in [4.69, 9.17) is 14.7 Å². The standard InChI is InChI=1S/C19H24N4O2/c1-14-18(19(24-3)22(2)21-14)17-5-4-10-23(17)11-12-25-16-8-6-15(13-20)7-9-16/h6-9,17H,4-5,10-12H2,1-3H3. The van der Waals surface area contributed by atoms with Crippen LogP contribution in [0.2, 0.25) is 0 Å². The molecule has 0 amide bonds. The summed E-state index contributed by atoms with van der Waals surface area (Å²) in [5.41, 5.74) is 2.87. The topological polar surface area (TPSA) is 63.3 Å². The number of aryl methyl sites for hydroxylation is 2. The van der Waals surface area contributed by atoms with E-state index in [9.17, 15) is 0 Å². The van der Waals surface area contributed by atoms with E-state index in [0.717, 1.165) is 36.8 Å². The molecule has 2 heterocycles. The molecule has 1 fully saturated rings. The summed E-state index contributed by atoms with van der Waals surface area (Å²) >= 11 is 0. The molecule has 1 saturated heterocycles. The first kappa shape index (κ1) is 17.3. The van der Waals surface area contributed by atoms with Gasteiger partial charge in [-0.15, -0.1) is 0 Å². The third-order valence-electron chi connectivity index (χ3n) is 4.73. The zero-order chi connectivity index (χ0) is 17.8. The monoisotopic (exact) mass is 340 g/mol. The number of hydrogen-bond acceptors (Lipinski definition) is 5. The summed E-state index contributed by atoms with van der Waals surface area (Å²) in [6.45, 7) is 4.56. The Morgan fingerprint density at radius 1 is 1.32 bits per heavy atom. The van der Waals surface area contributed by atoms with Crippen LogP contribution in [0, 0.1) is 18.3 Å². The van der Waals surface area contributed by atoms with E-state index in [1.165, 1.54) is 12.0 Å². The van der Waals surface area contributed by atoms with Crippen molar-refractivity contribution in [1.29, 1.82) is 5.26 Å². The van der Waals surface area contributed by atoms with E-state index in [1.54, 1.807) is 19.2 Å². The lowest BCUT2D eigenvalue weighted by molar-refractivity contribution is 0.194. The van der Waals surface area contributed by atoms with Gasteiger partial charge in [-0.25, -0.2) is 4.68 Å². The zero-order valence-electron chi connectivity index (χ0n) is 15.0. The maximum Gasteiger partial charge on any atom is 0.216 e. The minimum absolute atomic E-state index is 0.327. The van der Waals surface area contributed by atoms with Crippen molar-refractivity contribution < 1.29 is 9.47 Å². The SMILES string of the molecule is COc1c(C2CCCN2CCOc2ccc(C#N)cc2)c(C)nn1C. The molecule has 0 saturated carbocycles. The highest BCUT2D eigenvalue weighted by molar-refractivity contribution is 5.35. The highest BCUT2D eigenvalue weighted by atomic mass is 16.5. The summed E-state index contributed by atoms with van der Waals surface area (Å²) < 4.78 is 13.2. The van der Waals surface area contributed by atoms with Crippen LogP contribution >= 0.6 is 0 Å². The average Bonchev–Trinajstić information content (AvgIpc) is 3.18. The van der Waals surface area contributed by atoms with Crippen LogP contribution in [-0.2, 0) is 7.05 Å². The molecular weight excluding hydrogens is 316 g/mol. The number of likely N-dealkylation sites (tertiary alicyclic amines) is 1. The number of aromatic nitrogens is 2. The Kier molecular flexibility index (Phi) is 5.25. The molecular formula is C19H24N4O2. The molecule has 1 atom stereocenters. The molecule has 0 radical (unpaired) electrons. The van der Waals surface area contributed by atoms with Crippen molar-refractivity contribution in [3.8, 4) is 17.7 Å². The predicted octanol–water partition coefficient (Wildman–Crippen LogP) is 2.82. The Bertz CT molecular complexity index is 761. The zero-order valence-corrected chi connectivity index (χ0v) is 15.0. The van der Waals surface area contributed by atoms with Gasteiger partial charge < -0.3 is 9.47 Å². The number of nitrogens with zero attached hydrogens (tertiary/aromatic N) is 4. The molecule has 6 nitrogen and oxygen atoms in total. The van der Waals surface area contributed by atoms with Crippen LogP contribution in [0.3, 0.4) is 0 Å². The van der Waals surface area contributed by atoms with Crippen molar-refractivity contribution in [3.05, 3.63) is 41.1 Å². The van der Waals surface area contributed by atoms with Gasteiger partial charge in [0.25, 0.3) is 0 Å². The molecule has 1 unspecified atom stereocenters. The van der Waals surface area contributed by atoms with E-state index in [-0.39, 0.29) is 0 Å². The molecule has 6 heteroatoms. The van der Waals surface area contributed by atoms with Crippen LogP contribution in [0.5, 0.6) is 11.6 Å². The smallest absolute Gasteiger partial charge is 0.216 e. The summed E-state index contributed by atoms with van der Waals surface area (Å²) in [6.07, 6.45) is 2.28. The number of methoxy groups -OCH3 is 1. The number of nitriles is 1. The molecule has 0 aliphatic carbocycles. The maximum absolute atomic E-state index is 8.84. The fourth-order valence-electron chi connectivity index (χ4n) is 3.61. The molecule has 1 aromatic heterocycles. The van der Waals surface area contributed by atoms with Crippen LogP contribution < -0.4 is 9.47 Å². The number of benzene rings is 1. The minimum atomic E-state index is 0.327. The van der Waals surface area contributed by atoms with Crippen molar-refractivity contribution in [2.45, 2.75) is 25.8 Å². The summed E-state index contributed by atoms with van der Waals surface area (Å²) in [4.78, 5) is 2.44. The summed E-state index contributed by atoms with van der Waals surface area (Å²) in [5, 5.41) is 13.4. The largest absolute Gasteiger partial charge is 0.492 e. The van der Waals surface area contributed by atoms with E-state index >= 15 is 0 Å². The van der Waals surface area contributed by atoms with Crippen molar-refractivity contribution in [2.24, 2.45) is 7.05 Å². The lowest BCUT2D eigenvalue weighted by Crippen LogP contribution is -2.28. The third-order valence-corrected chi connectivity index (χ3v) is 4.73. The van der Waals surface area contributed by atoms with E-state index in [0.29, 0.717) is 18.2 Å². The van der Waals surface area contributed by atoms with Crippen LogP contribution in [0.15, 0.2) is 24.3 Å². The summed E-state index contributed by atoms with van der Waals surface area (Å²) in [7, 11) is 3.62. The molecule has 1 aliphatic heterocycles. The lowest BCUT2D eigenvalue weighted by atomic mass is 10.1. The quantitative estimate of drug-likeness (QED) is 0.809. The second kappa shape index (κ2) is 7.58. The molecule has 0 bridgehead atoms. The summed E-state index contributed by atoms with van der Waals surface area (Å²) in [6, 6.07) is 9.68. The normalized spacial score (nSPS) is 17.4. The van der Waals surface area contributed by atoms with E-state index in [2.05, 4.69) is 16.1 Å². The van der Waals surface area contributed by atoms with Crippen molar-refractivity contribution in [1.82, 2.24) is 14.7 Å². The highest BCUT2D eigenvalue weighted by Crippen LogP contribution is 2.38. The molecule has 132 valence electrons. The van der Waals surface area contributed by atoms with Gasteiger partial charge in [0.2, 0.25) is 5.88 Å². The fourth-order valence-corrected chi connectivity index (χ4v) is 3.61. The molecule has 3 rings (SSSR count). The van der Waals surface area contributed by atoms with Gasteiger partial charge in [-0.3, -0.25) is 4.90 Å². The van der Waals surface area contributed by atoms with Gasteiger partial charge in [0.1, 0.15) is 12.4 Å². The Morgan fingerprint density at radius 2 is 2.08 bits per heavy atom. The van der Waals surface area contributed by atoms with Crippen molar-refractivity contribution >= 4 is 0 Å².